The van der Waals surface area contributed by atoms with E-state index < -0.39 is 6.09 Å². The first-order chi connectivity index (χ1) is 16.6. The van der Waals surface area contributed by atoms with Crippen LogP contribution in [0.4, 0.5) is 15.0 Å². The highest BCUT2D eigenvalue weighted by atomic mass is 19.1. The molecule has 0 aliphatic carbocycles. The third-order valence-corrected chi connectivity index (χ3v) is 6.55. The van der Waals surface area contributed by atoms with Gasteiger partial charge in [0.25, 0.3) is 5.56 Å². The molecule has 9 nitrogen and oxygen atoms in total. The molecule has 5 heterocycles. The molecule has 0 unspecified atom stereocenters. The molecule has 0 radical (unpaired) electrons. The smallest absolute Gasteiger partial charge is 0.415 e. The molecular weight excluding hydrogens is 443 g/mol. The molecule has 6 rings (SSSR count). The number of ether oxygens (including phenoxy) is 3. The summed E-state index contributed by atoms with van der Waals surface area (Å²) in [5.41, 5.74) is 1.16. The fourth-order valence-electron chi connectivity index (χ4n) is 4.93. The number of aromatic nitrogens is 2. The van der Waals surface area contributed by atoms with Gasteiger partial charge in [-0.2, -0.15) is 0 Å². The van der Waals surface area contributed by atoms with E-state index in [1.54, 1.807) is 29.0 Å². The van der Waals surface area contributed by atoms with Crippen molar-refractivity contribution in [2.75, 3.05) is 37.7 Å². The topological polar surface area (TPSA) is 94.9 Å². The molecule has 0 bridgehead atoms. The van der Waals surface area contributed by atoms with E-state index in [-0.39, 0.29) is 23.4 Å². The Kier molecular flexibility index (Phi) is 5.09. The lowest BCUT2D eigenvalue weighted by molar-refractivity contribution is 0.136. The number of carbonyl (C=O) groups is 1. The maximum atomic E-state index is 14.6. The van der Waals surface area contributed by atoms with Gasteiger partial charge in [0.15, 0.2) is 11.5 Å². The number of carbonyl (C=O) groups excluding carboxylic acids is 1. The quantitative estimate of drug-likeness (QED) is 0.558. The fourth-order valence-corrected chi connectivity index (χ4v) is 4.93. The Balaban J connectivity index is 1.06. The summed E-state index contributed by atoms with van der Waals surface area (Å²) < 4.78 is 32.8. The van der Waals surface area contributed by atoms with E-state index in [4.69, 9.17) is 14.2 Å². The van der Waals surface area contributed by atoms with Crippen molar-refractivity contribution in [3.05, 3.63) is 58.3 Å². The summed E-state index contributed by atoms with van der Waals surface area (Å²) in [7, 11) is 0. The molecule has 34 heavy (non-hydrogen) atoms. The summed E-state index contributed by atoms with van der Waals surface area (Å²) in [4.78, 5) is 30.4. The number of cyclic esters (lactones) is 1. The van der Waals surface area contributed by atoms with E-state index in [9.17, 15) is 14.0 Å². The van der Waals surface area contributed by atoms with Crippen LogP contribution in [0.3, 0.4) is 0 Å². The lowest BCUT2D eigenvalue weighted by Crippen LogP contribution is -2.29. The molecule has 3 aliphatic rings. The van der Waals surface area contributed by atoms with Crippen LogP contribution in [0.5, 0.6) is 11.5 Å². The number of amides is 1. The van der Waals surface area contributed by atoms with Crippen molar-refractivity contribution < 1.29 is 23.4 Å². The molecular formula is C24H23FN4O5. The number of pyridine rings is 2. The summed E-state index contributed by atoms with van der Waals surface area (Å²) >= 11 is 0. The first-order valence-corrected chi connectivity index (χ1v) is 11.3. The molecule has 1 aromatic carbocycles. The average molecular weight is 466 g/mol. The minimum atomic E-state index is -0.450. The zero-order chi connectivity index (χ0) is 23.2. The highest BCUT2D eigenvalue weighted by Gasteiger charge is 2.34. The first kappa shape index (κ1) is 20.9. The highest BCUT2D eigenvalue weighted by Crippen LogP contribution is 2.35. The minimum absolute atomic E-state index is 0.118. The van der Waals surface area contributed by atoms with Gasteiger partial charge in [-0.15, -0.1) is 0 Å². The van der Waals surface area contributed by atoms with Crippen LogP contribution in [0, 0.1) is 5.82 Å². The van der Waals surface area contributed by atoms with E-state index in [1.807, 2.05) is 0 Å². The standard InChI is InChI=1S/C24H23FN4O5/c25-17-3-1-14-2-4-21(30)29-12-15(22(17)23(14)29)10-26-6-5-16-13-28(24(31)34-16)20-9-18-19(11-27-20)33-8-7-32-18/h1-4,9,11,15-16,26H,5-8,10,12-13H2/t15-,16+/m1/s1. The largest absolute Gasteiger partial charge is 0.486 e. The number of rotatable bonds is 6. The van der Waals surface area contributed by atoms with Gasteiger partial charge in [0, 0.05) is 36.7 Å². The van der Waals surface area contributed by atoms with Crippen LogP contribution in [-0.2, 0) is 11.3 Å². The number of hydrogen-bond donors (Lipinski definition) is 1. The summed E-state index contributed by atoms with van der Waals surface area (Å²) in [5.74, 6) is 1.16. The average Bonchev–Trinajstić information content (AvgIpc) is 3.42. The van der Waals surface area contributed by atoms with Crippen LogP contribution in [0.1, 0.15) is 17.9 Å². The molecule has 1 amide bonds. The number of nitrogens with one attached hydrogen (secondary N) is 1. The van der Waals surface area contributed by atoms with Crippen LogP contribution in [0.25, 0.3) is 10.9 Å². The van der Waals surface area contributed by atoms with Crippen LogP contribution in [0.15, 0.2) is 41.3 Å². The van der Waals surface area contributed by atoms with Gasteiger partial charge in [0.05, 0.1) is 18.3 Å². The monoisotopic (exact) mass is 466 g/mol. The van der Waals surface area contributed by atoms with Crippen molar-refractivity contribution in [1.29, 1.82) is 0 Å². The molecule has 0 spiro atoms. The second-order valence-electron chi connectivity index (χ2n) is 8.67. The van der Waals surface area contributed by atoms with Crippen molar-refractivity contribution in [3.63, 3.8) is 0 Å². The molecule has 3 aromatic rings. The Morgan fingerprint density at radius 1 is 1.09 bits per heavy atom. The predicted molar refractivity (Wildman–Crippen MR) is 121 cm³/mol. The molecule has 0 saturated carbocycles. The number of benzene rings is 1. The summed E-state index contributed by atoms with van der Waals surface area (Å²) in [5, 5.41) is 4.21. The summed E-state index contributed by atoms with van der Waals surface area (Å²) in [6.45, 7) is 2.85. The van der Waals surface area contributed by atoms with Crippen molar-refractivity contribution in [3.8, 4) is 11.5 Å². The zero-order valence-electron chi connectivity index (χ0n) is 18.3. The molecule has 1 fully saturated rings. The van der Waals surface area contributed by atoms with Crippen molar-refractivity contribution >= 4 is 22.8 Å². The molecule has 2 atom stereocenters. The second kappa shape index (κ2) is 8.28. The maximum Gasteiger partial charge on any atom is 0.415 e. The van der Waals surface area contributed by atoms with Crippen LogP contribution >= 0.6 is 0 Å². The van der Waals surface area contributed by atoms with Crippen LogP contribution in [-0.4, -0.2) is 54.6 Å². The van der Waals surface area contributed by atoms with Crippen LogP contribution < -0.4 is 25.2 Å². The second-order valence-corrected chi connectivity index (χ2v) is 8.67. The summed E-state index contributed by atoms with van der Waals surface area (Å²) in [6.07, 6.45) is 1.41. The van der Waals surface area contributed by atoms with Crippen LogP contribution in [0.2, 0.25) is 0 Å². The molecule has 10 heteroatoms. The van der Waals surface area contributed by atoms with Gasteiger partial charge < -0.3 is 24.1 Å². The number of fused-ring (bicyclic) bond motifs is 1. The number of hydrogen-bond acceptors (Lipinski definition) is 7. The zero-order valence-corrected chi connectivity index (χ0v) is 18.3. The van der Waals surface area contributed by atoms with Gasteiger partial charge in [-0.25, -0.2) is 14.2 Å². The van der Waals surface area contributed by atoms with E-state index in [0.29, 0.717) is 74.2 Å². The third-order valence-electron chi connectivity index (χ3n) is 6.55. The fraction of sp³-hybridized carbons (Fsp3) is 0.375. The van der Waals surface area contributed by atoms with Crippen molar-refractivity contribution in [2.45, 2.75) is 25.0 Å². The lowest BCUT2D eigenvalue weighted by atomic mass is 9.99. The van der Waals surface area contributed by atoms with Gasteiger partial charge >= 0.3 is 6.09 Å². The van der Waals surface area contributed by atoms with E-state index >= 15 is 0 Å². The van der Waals surface area contributed by atoms with E-state index in [1.165, 1.54) is 17.0 Å². The van der Waals surface area contributed by atoms with Gasteiger partial charge in [-0.05, 0) is 36.6 Å². The lowest BCUT2D eigenvalue weighted by Gasteiger charge is -2.20. The van der Waals surface area contributed by atoms with Crippen molar-refractivity contribution in [1.82, 2.24) is 14.9 Å². The Morgan fingerprint density at radius 3 is 2.79 bits per heavy atom. The van der Waals surface area contributed by atoms with Gasteiger partial charge in [-0.1, -0.05) is 0 Å². The highest BCUT2D eigenvalue weighted by molar-refractivity contribution is 5.89. The van der Waals surface area contributed by atoms with Gasteiger partial charge in [0.2, 0.25) is 0 Å². The van der Waals surface area contributed by atoms with Gasteiger partial charge in [-0.3, -0.25) is 9.69 Å². The SMILES string of the molecule is O=C1O[C@@H](CCNC[C@@H]2Cn3c(=O)ccc4ccc(F)c2c43)CN1c1cc2c(cn1)OCCO2. The van der Waals surface area contributed by atoms with E-state index in [2.05, 4.69) is 10.3 Å². The Labute approximate surface area is 194 Å². The maximum absolute atomic E-state index is 14.6. The number of halogens is 1. The molecule has 1 saturated heterocycles. The number of anilines is 1. The normalized spacial score (nSPS) is 20.7. The molecule has 1 N–H and O–H groups in total. The van der Waals surface area contributed by atoms with Gasteiger partial charge in [0.1, 0.15) is 31.0 Å². The summed E-state index contributed by atoms with van der Waals surface area (Å²) in [6, 6.07) is 8.12. The molecule has 176 valence electrons. The van der Waals surface area contributed by atoms with E-state index in [0.717, 1.165) is 5.39 Å². The van der Waals surface area contributed by atoms with Crippen molar-refractivity contribution in [2.24, 2.45) is 0 Å². The Morgan fingerprint density at radius 2 is 1.91 bits per heavy atom. The molecule has 2 aromatic heterocycles. The minimum Gasteiger partial charge on any atom is -0.486 e. The number of nitrogens with zero attached hydrogens (tertiary/aromatic N) is 3. The molecule has 3 aliphatic heterocycles. The predicted octanol–water partition coefficient (Wildman–Crippen LogP) is 2.41. The third kappa shape index (κ3) is 3.54. The Bertz CT molecular complexity index is 1340. The first-order valence-electron chi connectivity index (χ1n) is 11.3. The Hall–Kier alpha value is -3.66.